The van der Waals surface area contributed by atoms with Crippen molar-refractivity contribution in [3.05, 3.63) is 71.0 Å². The Morgan fingerprint density at radius 1 is 0.967 bits per heavy atom. The Bertz CT molecular complexity index is 962. The minimum atomic E-state index is -0.250. The molecule has 1 saturated heterocycles. The fourth-order valence-electron chi connectivity index (χ4n) is 6.48. The zero-order chi connectivity index (χ0) is 20.3. The van der Waals surface area contributed by atoms with Crippen LogP contribution in [0.2, 0.25) is 0 Å². The van der Waals surface area contributed by atoms with Crippen LogP contribution in [0.1, 0.15) is 54.8 Å². The van der Waals surface area contributed by atoms with E-state index in [0.717, 1.165) is 36.8 Å². The second-order valence-electron chi connectivity index (χ2n) is 9.76. The number of benzene rings is 2. The summed E-state index contributed by atoms with van der Waals surface area (Å²) in [5.74, 6) is -0.250. The van der Waals surface area contributed by atoms with Crippen molar-refractivity contribution in [3.8, 4) is 0 Å². The summed E-state index contributed by atoms with van der Waals surface area (Å²) in [6.07, 6.45) is 6.76. The third-order valence-corrected chi connectivity index (χ3v) is 7.88. The Kier molecular flexibility index (Phi) is 4.01. The fraction of sp³-hybridized carbons (Fsp3) is 0.480. The molecule has 0 aromatic heterocycles. The number of hydrogen-bond donors (Lipinski definition) is 1. The zero-order valence-electron chi connectivity index (χ0n) is 17.2. The van der Waals surface area contributed by atoms with Gasteiger partial charge >= 0.3 is 6.03 Å². The van der Waals surface area contributed by atoms with Gasteiger partial charge in [0.15, 0.2) is 0 Å². The molecule has 5 heteroatoms. The van der Waals surface area contributed by atoms with Crippen LogP contribution in [0.15, 0.2) is 48.5 Å². The highest BCUT2D eigenvalue weighted by Crippen LogP contribution is 2.64. The Morgan fingerprint density at radius 3 is 2.40 bits per heavy atom. The lowest BCUT2D eigenvalue weighted by atomic mass is 9.43. The number of carbonyl (C=O) groups is 1. The number of nitrogens with one attached hydrogen (secondary N) is 1. The third kappa shape index (κ3) is 2.71. The number of rotatable bonds is 3. The van der Waals surface area contributed by atoms with Crippen molar-refractivity contribution in [2.75, 3.05) is 19.6 Å². The maximum Gasteiger partial charge on any atom is 0.318 e. The summed E-state index contributed by atoms with van der Waals surface area (Å²) in [5.41, 5.74) is 3.74. The summed E-state index contributed by atoms with van der Waals surface area (Å²) >= 11 is 0. The summed E-state index contributed by atoms with van der Waals surface area (Å²) in [4.78, 5) is 18.1. The van der Waals surface area contributed by atoms with Gasteiger partial charge in [0.1, 0.15) is 5.82 Å². The van der Waals surface area contributed by atoms with Crippen LogP contribution in [0.4, 0.5) is 9.18 Å². The van der Waals surface area contributed by atoms with Crippen LogP contribution in [0.3, 0.4) is 0 Å². The van der Waals surface area contributed by atoms with Gasteiger partial charge in [0.2, 0.25) is 0 Å². The van der Waals surface area contributed by atoms with Crippen LogP contribution in [-0.4, -0.2) is 46.5 Å². The van der Waals surface area contributed by atoms with Gasteiger partial charge < -0.3 is 10.2 Å². The number of halogens is 1. The molecule has 2 amide bonds. The molecular weight excluding hydrogens is 377 g/mol. The minimum absolute atomic E-state index is 0.00994. The number of urea groups is 1. The van der Waals surface area contributed by atoms with Crippen LogP contribution in [0.25, 0.3) is 0 Å². The highest BCUT2D eigenvalue weighted by atomic mass is 19.1. The number of hydrogen-bond acceptors (Lipinski definition) is 2. The van der Waals surface area contributed by atoms with Crippen LogP contribution >= 0.6 is 0 Å². The molecule has 1 N–H and O–H groups in total. The minimum Gasteiger partial charge on any atom is -0.332 e. The van der Waals surface area contributed by atoms with E-state index in [0.29, 0.717) is 12.1 Å². The predicted molar refractivity (Wildman–Crippen MR) is 114 cm³/mol. The predicted octanol–water partition coefficient (Wildman–Crippen LogP) is 4.25. The van der Waals surface area contributed by atoms with E-state index in [9.17, 15) is 9.18 Å². The maximum atomic E-state index is 13.6. The van der Waals surface area contributed by atoms with E-state index in [2.05, 4.69) is 28.4 Å². The average molecular weight is 406 g/mol. The molecule has 4 fully saturated rings. The molecule has 156 valence electrons. The molecule has 7 rings (SSSR count). The van der Waals surface area contributed by atoms with Gasteiger partial charge in [-0.2, -0.15) is 0 Å². The first-order valence-electron chi connectivity index (χ1n) is 11.2. The molecule has 4 nitrogen and oxygen atoms in total. The average Bonchev–Trinajstić information content (AvgIpc) is 3.24. The molecule has 2 bridgehead atoms. The van der Waals surface area contributed by atoms with Crippen molar-refractivity contribution in [2.24, 2.45) is 0 Å². The van der Waals surface area contributed by atoms with Crippen LogP contribution in [-0.2, 0) is 6.42 Å². The zero-order valence-corrected chi connectivity index (χ0v) is 17.2. The number of carbonyl (C=O) groups excluding carboxylic acids is 1. The van der Waals surface area contributed by atoms with Crippen molar-refractivity contribution in [2.45, 2.75) is 55.6 Å². The second-order valence-corrected chi connectivity index (χ2v) is 9.76. The lowest BCUT2D eigenvalue weighted by Crippen LogP contribution is -2.83. The van der Waals surface area contributed by atoms with E-state index >= 15 is 0 Å². The lowest BCUT2D eigenvalue weighted by Gasteiger charge is -2.73. The van der Waals surface area contributed by atoms with Crippen molar-refractivity contribution >= 4 is 6.03 Å². The van der Waals surface area contributed by atoms with Crippen molar-refractivity contribution in [3.63, 3.8) is 0 Å². The van der Waals surface area contributed by atoms with Gasteiger partial charge in [-0.25, -0.2) is 9.18 Å². The van der Waals surface area contributed by atoms with E-state index in [1.54, 1.807) is 0 Å². The van der Waals surface area contributed by atoms with E-state index in [1.165, 1.54) is 43.6 Å². The number of nitrogens with zero attached hydrogens (tertiary/aromatic N) is 2. The Hall–Kier alpha value is -2.40. The Labute approximate surface area is 177 Å². The van der Waals surface area contributed by atoms with E-state index in [-0.39, 0.29) is 23.4 Å². The van der Waals surface area contributed by atoms with Gasteiger partial charge in [-0.15, -0.1) is 0 Å². The summed E-state index contributed by atoms with van der Waals surface area (Å²) in [6, 6.07) is 14.8. The SMILES string of the molecule is O=C(NC12CC(N3CCCC3)(C1)C2)N1CCc2ccccc2[C@@H]1c1ccc(F)cc1. The molecule has 0 spiro atoms. The molecule has 2 aromatic rings. The van der Waals surface area contributed by atoms with Crippen LogP contribution in [0, 0.1) is 5.82 Å². The van der Waals surface area contributed by atoms with Crippen molar-refractivity contribution in [1.29, 1.82) is 0 Å². The first kappa shape index (κ1) is 18.4. The van der Waals surface area contributed by atoms with Gasteiger partial charge in [-0.05, 0) is 80.4 Å². The van der Waals surface area contributed by atoms with E-state index in [1.807, 2.05) is 23.1 Å². The largest absolute Gasteiger partial charge is 0.332 e. The smallest absolute Gasteiger partial charge is 0.318 e. The van der Waals surface area contributed by atoms with Gasteiger partial charge in [0.25, 0.3) is 0 Å². The van der Waals surface area contributed by atoms with E-state index in [4.69, 9.17) is 0 Å². The summed E-state index contributed by atoms with van der Waals surface area (Å²) in [7, 11) is 0. The Morgan fingerprint density at radius 2 is 1.67 bits per heavy atom. The molecule has 0 radical (unpaired) electrons. The third-order valence-electron chi connectivity index (χ3n) is 7.88. The molecule has 5 aliphatic rings. The summed E-state index contributed by atoms with van der Waals surface area (Å²) < 4.78 is 13.6. The molecular formula is C25H28FN3O. The highest BCUT2D eigenvalue weighted by Gasteiger charge is 2.71. The molecule has 2 heterocycles. The van der Waals surface area contributed by atoms with Gasteiger partial charge in [0.05, 0.1) is 6.04 Å². The maximum absolute atomic E-state index is 13.6. The molecule has 2 aliphatic heterocycles. The van der Waals surface area contributed by atoms with Crippen molar-refractivity contribution in [1.82, 2.24) is 15.1 Å². The molecule has 0 unspecified atom stereocenters. The normalized spacial score (nSPS) is 32.2. The topological polar surface area (TPSA) is 35.6 Å². The number of likely N-dealkylation sites (tertiary alicyclic amines) is 1. The summed E-state index contributed by atoms with van der Waals surface area (Å²) in [6.45, 7) is 3.12. The highest BCUT2D eigenvalue weighted by molar-refractivity contribution is 5.78. The first-order valence-corrected chi connectivity index (χ1v) is 11.2. The Balaban J connectivity index is 1.23. The second kappa shape index (κ2) is 6.55. The number of amides is 2. The first-order chi connectivity index (χ1) is 14.6. The summed E-state index contributed by atoms with van der Waals surface area (Å²) in [5, 5.41) is 3.40. The van der Waals surface area contributed by atoms with Gasteiger partial charge in [-0.1, -0.05) is 36.4 Å². The van der Waals surface area contributed by atoms with Crippen LogP contribution < -0.4 is 5.32 Å². The molecule has 30 heavy (non-hydrogen) atoms. The van der Waals surface area contributed by atoms with Gasteiger partial charge in [-0.3, -0.25) is 4.90 Å². The molecule has 3 aliphatic carbocycles. The van der Waals surface area contributed by atoms with Gasteiger partial charge in [0, 0.05) is 17.6 Å². The molecule has 2 aromatic carbocycles. The monoisotopic (exact) mass is 405 g/mol. The van der Waals surface area contributed by atoms with Crippen LogP contribution in [0.5, 0.6) is 0 Å². The lowest BCUT2D eigenvalue weighted by molar-refractivity contribution is -0.167. The standard InChI is InChI=1S/C25H28FN3O/c26-20-9-7-19(8-10-20)22-21-6-2-1-5-18(21)11-14-29(22)23(30)27-24-15-25(16-24,17-24)28-12-3-4-13-28/h1-2,5-10,22H,3-4,11-17H2,(H,27,30)/t22-,24?,25?/m0/s1. The van der Waals surface area contributed by atoms with E-state index < -0.39 is 0 Å². The fourth-order valence-corrected chi connectivity index (χ4v) is 6.48. The van der Waals surface area contributed by atoms with Crippen molar-refractivity contribution < 1.29 is 9.18 Å². The quantitative estimate of drug-likeness (QED) is 0.829. The molecule has 3 saturated carbocycles. The number of fused-ring (bicyclic) bond motifs is 1. The molecule has 1 atom stereocenters.